The second kappa shape index (κ2) is 12.8. The highest BCUT2D eigenvalue weighted by Gasteiger charge is 2.09. The molecule has 0 radical (unpaired) electrons. The Kier molecular flexibility index (Phi) is 9.46. The number of ether oxygens (including phenoxy) is 1. The van der Waals surface area contributed by atoms with Crippen molar-refractivity contribution in [2.24, 2.45) is 0 Å². The largest absolute Gasteiger partial charge is 0.458 e. The highest BCUT2D eigenvalue weighted by Crippen LogP contribution is 2.25. The van der Waals surface area contributed by atoms with Crippen LogP contribution in [0, 0.1) is 0 Å². The molecule has 3 nitrogen and oxygen atoms in total. The maximum atomic E-state index is 11.7. The van der Waals surface area contributed by atoms with Gasteiger partial charge >= 0.3 is 5.97 Å². The Bertz CT molecular complexity index is 1030. The summed E-state index contributed by atoms with van der Waals surface area (Å²) < 4.78 is 5.38. The summed E-state index contributed by atoms with van der Waals surface area (Å²) in [5.41, 5.74) is 7.96. The van der Waals surface area contributed by atoms with Crippen molar-refractivity contribution in [2.75, 3.05) is 0 Å². The molecule has 1 N–H and O–H groups in total. The van der Waals surface area contributed by atoms with Crippen LogP contribution < -0.4 is 0 Å². The third-order valence-electron chi connectivity index (χ3n) is 5.99. The molecule has 33 heavy (non-hydrogen) atoms. The van der Waals surface area contributed by atoms with E-state index in [9.17, 15) is 9.90 Å². The number of hydrogen-bond donors (Lipinski definition) is 1. The zero-order valence-corrected chi connectivity index (χ0v) is 19.6. The highest BCUT2D eigenvalue weighted by atomic mass is 16.5. The van der Waals surface area contributed by atoms with E-state index in [0.717, 1.165) is 47.1 Å². The number of benzene rings is 3. The lowest BCUT2D eigenvalue weighted by molar-refractivity contribution is -0.138. The molecule has 3 rings (SSSR count). The van der Waals surface area contributed by atoms with E-state index < -0.39 is 5.97 Å². The second-order valence-electron chi connectivity index (χ2n) is 8.42. The van der Waals surface area contributed by atoms with E-state index >= 15 is 0 Å². The molecule has 0 unspecified atom stereocenters. The zero-order valence-electron chi connectivity index (χ0n) is 19.6. The van der Waals surface area contributed by atoms with E-state index in [1.165, 1.54) is 36.5 Å². The van der Waals surface area contributed by atoms with Crippen LogP contribution in [0.5, 0.6) is 0 Å². The molecule has 0 atom stereocenters. The molecular formula is C30H34O3. The van der Waals surface area contributed by atoms with Gasteiger partial charge in [0.1, 0.15) is 6.61 Å². The van der Waals surface area contributed by atoms with Gasteiger partial charge in [-0.15, -0.1) is 0 Å². The summed E-state index contributed by atoms with van der Waals surface area (Å²) in [6, 6.07) is 23.2. The average molecular weight is 443 g/mol. The number of hydrogen-bond acceptors (Lipinski definition) is 3. The van der Waals surface area contributed by atoms with Crippen LogP contribution in [-0.2, 0) is 42.0 Å². The topological polar surface area (TPSA) is 46.5 Å². The quantitative estimate of drug-likeness (QED) is 0.195. The first-order valence-electron chi connectivity index (χ1n) is 11.8. The number of carbonyl (C=O) groups is 1. The van der Waals surface area contributed by atoms with E-state index in [1.54, 1.807) is 0 Å². The monoisotopic (exact) mass is 442 g/mol. The van der Waals surface area contributed by atoms with Gasteiger partial charge in [0.2, 0.25) is 0 Å². The Morgan fingerprint density at radius 2 is 1.45 bits per heavy atom. The summed E-state index contributed by atoms with van der Waals surface area (Å²) in [6.07, 6.45) is 7.76. The molecule has 0 aliphatic heterocycles. The van der Waals surface area contributed by atoms with Gasteiger partial charge in [-0.05, 0) is 70.7 Å². The number of aliphatic hydroxyl groups is 1. The number of unbranched alkanes of at least 4 members (excludes halogenated alkanes) is 2. The molecule has 172 valence electrons. The Morgan fingerprint density at radius 1 is 0.818 bits per heavy atom. The van der Waals surface area contributed by atoms with Crippen molar-refractivity contribution in [3.63, 3.8) is 0 Å². The average Bonchev–Trinajstić information content (AvgIpc) is 2.87. The van der Waals surface area contributed by atoms with Gasteiger partial charge < -0.3 is 9.84 Å². The number of esters is 1. The van der Waals surface area contributed by atoms with Crippen molar-refractivity contribution in [3.8, 4) is 11.1 Å². The minimum atomic E-state index is -0.414. The van der Waals surface area contributed by atoms with Gasteiger partial charge in [0.25, 0.3) is 0 Å². The molecule has 0 saturated carbocycles. The lowest BCUT2D eigenvalue weighted by Crippen LogP contribution is -2.04. The van der Waals surface area contributed by atoms with E-state index in [-0.39, 0.29) is 13.2 Å². The van der Waals surface area contributed by atoms with Gasteiger partial charge in [0, 0.05) is 6.08 Å². The molecule has 3 aromatic rings. The van der Waals surface area contributed by atoms with Crippen LogP contribution in [0.1, 0.15) is 54.0 Å². The molecule has 3 heteroatoms. The van der Waals surface area contributed by atoms with Gasteiger partial charge in [0.15, 0.2) is 0 Å². The maximum Gasteiger partial charge on any atom is 0.330 e. The summed E-state index contributed by atoms with van der Waals surface area (Å²) in [5, 5.41) is 9.23. The SMILES string of the molecule is C=CC(=O)OCc1cc(-c2ccc(CCCCC)cc2)ccc1CCc1ccc(CO)cc1. The number of rotatable bonds is 12. The fourth-order valence-electron chi connectivity index (χ4n) is 3.92. The van der Waals surface area contributed by atoms with Gasteiger partial charge in [0.05, 0.1) is 6.61 Å². The standard InChI is InChI=1S/C30H34O3/c1-3-5-6-7-23-12-15-26(16-13-23)28-19-18-27(29(20-28)22-33-30(32)4-2)17-14-24-8-10-25(21-31)11-9-24/h4,8-13,15-16,18-20,31H,2-3,5-7,14,17,21-22H2,1H3. The molecule has 0 aromatic heterocycles. The Morgan fingerprint density at radius 3 is 2.12 bits per heavy atom. The van der Waals surface area contributed by atoms with Crippen molar-refractivity contribution in [1.82, 2.24) is 0 Å². The zero-order chi connectivity index (χ0) is 23.5. The van der Waals surface area contributed by atoms with Crippen molar-refractivity contribution in [3.05, 3.63) is 107 Å². The van der Waals surface area contributed by atoms with Crippen molar-refractivity contribution >= 4 is 5.97 Å². The lowest BCUT2D eigenvalue weighted by Gasteiger charge is -2.13. The highest BCUT2D eigenvalue weighted by molar-refractivity contribution is 5.81. The Balaban J connectivity index is 1.76. The van der Waals surface area contributed by atoms with Crippen LogP contribution in [0.2, 0.25) is 0 Å². The fourth-order valence-corrected chi connectivity index (χ4v) is 3.92. The Labute approximate surface area is 197 Å². The molecule has 0 amide bonds. The van der Waals surface area contributed by atoms with E-state index in [2.05, 4.69) is 68.1 Å². The minimum absolute atomic E-state index is 0.0558. The minimum Gasteiger partial charge on any atom is -0.458 e. The predicted molar refractivity (Wildman–Crippen MR) is 135 cm³/mol. The van der Waals surface area contributed by atoms with Crippen LogP contribution in [0.3, 0.4) is 0 Å². The van der Waals surface area contributed by atoms with E-state index in [1.807, 2.05) is 12.1 Å². The van der Waals surface area contributed by atoms with Crippen LogP contribution >= 0.6 is 0 Å². The summed E-state index contributed by atoms with van der Waals surface area (Å²) >= 11 is 0. The summed E-state index contributed by atoms with van der Waals surface area (Å²) in [5.74, 6) is -0.414. The number of aryl methyl sites for hydroxylation is 3. The first-order chi connectivity index (χ1) is 16.1. The maximum absolute atomic E-state index is 11.7. The van der Waals surface area contributed by atoms with Crippen molar-refractivity contribution < 1.29 is 14.6 Å². The van der Waals surface area contributed by atoms with Crippen LogP contribution in [-0.4, -0.2) is 11.1 Å². The fraction of sp³-hybridized carbons (Fsp3) is 0.300. The molecule has 0 heterocycles. The first kappa shape index (κ1) is 24.5. The smallest absolute Gasteiger partial charge is 0.330 e. The molecular weight excluding hydrogens is 408 g/mol. The molecule has 0 aliphatic carbocycles. The van der Waals surface area contributed by atoms with E-state index in [4.69, 9.17) is 4.74 Å². The molecule has 3 aromatic carbocycles. The van der Waals surface area contributed by atoms with Gasteiger partial charge in [-0.3, -0.25) is 0 Å². The third kappa shape index (κ3) is 7.44. The number of carbonyl (C=O) groups excluding carboxylic acids is 1. The second-order valence-corrected chi connectivity index (χ2v) is 8.42. The summed E-state index contributed by atoms with van der Waals surface area (Å²) in [4.78, 5) is 11.7. The molecule has 0 saturated heterocycles. The number of aliphatic hydroxyl groups excluding tert-OH is 1. The molecule has 0 spiro atoms. The van der Waals surface area contributed by atoms with Crippen molar-refractivity contribution in [2.45, 2.75) is 58.7 Å². The third-order valence-corrected chi connectivity index (χ3v) is 5.99. The molecule has 0 bridgehead atoms. The normalized spacial score (nSPS) is 10.7. The van der Waals surface area contributed by atoms with Crippen LogP contribution in [0.15, 0.2) is 79.4 Å². The van der Waals surface area contributed by atoms with Gasteiger partial charge in [-0.25, -0.2) is 4.79 Å². The van der Waals surface area contributed by atoms with Crippen molar-refractivity contribution in [1.29, 1.82) is 0 Å². The van der Waals surface area contributed by atoms with Crippen LogP contribution in [0.25, 0.3) is 11.1 Å². The molecule has 0 aliphatic rings. The lowest BCUT2D eigenvalue weighted by atomic mass is 9.94. The predicted octanol–water partition coefficient (Wildman–Crippen LogP) is 6.59. The summed E-state index contributed by atoms with van der Waals surface area (Å²) in [7, 11) is 0. The molecule has 0 fully saturated rings. The van der Waals surface area contributed by atoms with Gasteiger partial charge in [-0.2, -0.15) is 0 Å². The van der Waals surface area contributed by atoms with Crippen LogP contribution in [0.4, 0.5) is 0 Å². The summed E-state index contributed by atoms with van der Waals surface area (Å²) in [6.45, 7) is 6.00. The van der Waals surface area contributed by atoms with E-state index in [0.29, 0.717) is 0 Å². The van der Waals surface area contributed by atoms with Gasteiger partial charge in [-0.1, -0.05) is 87.0 Å². The Hall–Kier alpha value is -3.17. The first-order valence-corrected chi connectivity index (χ1v) is 11.8.